The highest BCUT2D eigenvalue weighted by molar-refractivity contribution is 6.30. The summed E-state index contributed by atoms with van der Waals surface area (Å²) < 4.78 is 5.00. The lowest BCUT2D eigenvalue weighted by Gasteiger charge is -2.14. The summed E-state index contributed by atoms with van der Waals surface area (Å²) in [5.41, 5.74) is 2.28. The van der Waals surface area contributed by atoms with Crippen molar-refractivity contribution >= 4 is 23.4 Å². The maximum absolute atomic E-state index is 12.3. The van der Waals surface area contributed by atoms with Crippen LogP contribution in [0.25, 0.3) is 0 Å². The first-order valence-electron chi connectivity index (χ1n) is 8.65. The molecule has 0 heterocycles. The second-order valence-electron chi connectivity index (χ2n) is 6.22. The molecule has 0 aliphatic rings. The average Bonchev–Trinajstić information content (AvgIpc) is 2.63. The van der Waals surface area contributed by atoms with E-state index in [1.165, 1.54) is 0 Å². The van der Waals surface area contributed by atoms with Crippen LogP contribution < -0.4 is 0 Å². The third-order valence-corrected chi connectivity index (χ3v) is 4.30. The predicted octanol–water partition coefficient (Wildman–Crippen LogP) is 3.87. The number of carbonyl (C=O) groups is 2. The Morgan fingerprint density at radius 1 is 1.12 bits per heavy atom. The molecule has 5 heteroatoms. The van der Waals surface area contributed by atoms with Crippen LogP contribution in [0, 0.1) is 5.92 Å². The number of ketones is 1. The molecule has 0 aliphatic carbocycles. The fourth-order valence-electron chi connectivity index (χ4n) is 2.80. The van der Waals surface area contributed by atoms with Crippen LogP contribution in [0.1, 0.15) is 34.8 Å². The Labute approximate surface area is 158 Å². The lowest BCUT2D eigenvalue weighted by Crippen LogP contribution is -2.17. The number of carbonyl (C=O) groups excluding carboxylic acids is 2. The molecule has 0 saturated heterocycles. The summed E-state index contributed by atoms with van der Waals surface area (Å²) in [7, 11) is 0. The molecule has 2 rings (SSSR count). The normalized spacial score (nSPS) is 11.8. The number of hydrogen-bond acceptors (Lipinski definition) is 4. The van der Waals surface area contributed by atoms with Crippen LogP contribution in [-0.2, 0) is 22.4 Å². The molecule has 0 bridgehead atoms. The van der Waals surface area contributed by atoms with Crippen LogP contribution in [0.2, 0.25) is 5.02 Å². The highest BCUT2D eigenvalue weighted by Crippen LogP contribution is 2.17. The van der Waals surface area contributed by atoms with E-state index in [0.29, 0.717) is 30.0 Å². The molecule has 0 radical (unpaired) electrons. The quantitative estimate of drug-likeness (QED) is 0.677. The van der Waals surface area contributed by atoms with Crippen molar-refractivity contribution in [1.29, 1.82) is 0 Å². The Morgan fingerprint density at radius 2 is 1.85 bits per heavy atom. The van der Waals surface area contributed by atoms with Crippen molar-refractivity contribution in [3.63, 3.8) is 0 Å². The van der Waals surface area contributed by atoms with Gasteiger partial charge in [0.2, 0.25) is 0 Å². The Bertz CT molecular complexity index is 740. The molecule has 4 nitrogen and oxygen atoms in total. The smallest absolute Gasteiger partial charge is 0.338 e. The Morgan fingerprint density at radius 3 is 2.50 bits per heavy atom. The van der Waals surface area contributed by atoms with E-state index in [1.807, 2.05) is 18.2 Å². The molecule has 0 fully saturated rings. The summed E-state index contributed by atoms with van der Waals surface area (Å²) in [6.07, 6.45) is 1.12. The monoisotopic (exact) mass is 374 g/mol. The van der Waals surface area contributed by atoms with Gasteiger partial charge in [-0.3, -0.25) is 4.79 Å². The number of esters is 1. The second-order valence-corrected chi connectivity index (χ2v) is 6.66. The summed E-state index contributed by atoms with van der Waals surface area (Å²) in [4.78, 5) is 24.1. The first-order chi connectivity index (χ1) is 12.5. The molecule has 1 atom stereocenters. The van der Waals surface area contributed by atoms with Gasteiger partial charge in [0, 0.05) is 24.5 Å². The van der Waals surface area contributed by atoms with E-state index in [4.69, 9.17) is 16.3 Å². The van der Waals surface area contributed by atoms with Crippen LogP contribution in [-0.4, -0.2) is 30.1 Å². The third-order valence-electron chi connectivity index (χ3n) is 4.05. The van der Waals surface area contributed by atoms with Crippen molar-refractivity contribution in [2.75, 3.05) is 13.2 Å². The Balaban J connectivity index is 1.96. The van der Waals surface area contributed by atoms with Crippen LogP contribution in [0.5, 0.6) is 0 Å². The summed E-state index contributed by atoms with van der Waals surface area (Å²) in [6.45, 7) is 1.99. The van der Waals surface area contributed by atoms with Gasteiger partial charge in [-0.25, -0.2) is 4.79 Å². The van der Waals surface area contributed by atoms with Gasteiger partial charge in [0.25, 0.3) is 0 Å². The summed E-state index contributed by atoms with van der Waals surface area (Å²) >= 11 is 5.85. The Hall–Kier alpha value is -2.17. The molecule has 0 spiro atoms. The fraction of sp³-hybridized carbons (Fsp3) is 0.333. The molecular formula is C21H23ClO4. The van der Waals surface area contributed by atoms with E-state index < -0.39 is 0 Å². The summed E-state index contributed by atoms with van der Waals surface area (Å²) in [6, 6.07) is 14.3. The molecule has 0 aromatic heterocycles. The van der Waals surface area contributed by atoms with Gasteiger partial charge in [-0.2, -0.15) is 0 Å². The number of rotatable bonds is 9. The second kappa shape index (κ2) is 10.1. The fourth-order valence-corrected chi connectivity index (χ4v) is 2.92. The highest BCUT2D eigenvalue weighted by Gasteiger charge is 2.16. The van der Waals surface area contributed by atoms with Gasteiger partial charge in [0.1, 0.15) is 5.78 Å². The van der Waals surface area contributed by atoms with E-state index >= 15 is 0 Å². The third kappa shape index (κ3) is 6.28. The molecular weight excluding hydrogens is 352 g/mol. The van der Waals surface area contributed by atoms with Crippen LogP contribution in [0.4, 0.5) is 0 Å². The van der Waals surface area contributed by atoms with Gasteiger partial charge < -0.3 is 9.84 Å². The zero-order chi connectivity index (χ0) is 18.9. The van der Waals surface area contributed by atoms with Gasteiger partial charge in [-0.1, -0.05) is 35.9 Å². The van der Waals surface area contributed by atoms with Gasteiger partial charge in [0.15, 0.2) is 0 Å². The average molecular weight is 375 g/mol. The SMILES string of the molecule is CCOC(=O)c1cccc(CC(CO)CC(=O)Cc2ccc(Cl)cc2)c1. The minimum Gasteiger partial charge on any atom is -0.462 e. The minimum absolute atomic E-state index is 0.0629. The number of aliphatic hydroxyl groups is 1. The topological polar surface area (TPSA) is 63.6 Å². The van der Waals surface area contributed by atoms with Gasteiger partial charge in [-0.15, -0.1) is 0 Å². The van der Waals surface area contributed by atoms with E-state index in [9.17, 15) is 14.7 Å². The predicted molar refractivity (Wildman–Crippen MR) is 101 cm³/mol. The number of ether oxygens (including phenoxy) is 1. The molecule has 0 amide bonds. The molecule has 1 unspecified atom stereocenters. The van der Waals surface area contributed by atoms with Gasteiger partial charge in [-0.05, 0) is 54.7 Å². The highest BCUT2D eigenvalue weighted by atomic mass is 35.5. The summed E-state index contributed by atoms with van der Waals surface area (Å²) in [5, 5.41) is 10.3. The molecule has 1 N–H and O–H groups in total. The van der Waals surface area contributed by atoms with E-state index in [0.717, 1.165) is 11.1 Å². The van der Waals surface area contributed by atoms with E-state index in [-0.39, 0.29) is 30.7 Å². The number of halogens is 1. The molecule has 138 valence electrons. The van der Waals surface area contributed by atoms with E-state index in [2.05, 4.69) is 0 Å². The number of Topliss-reactive ketones (excluding diaryl/α,β-unsaturated/α-hetero) is 1. The van der Waals surface area contributed by atoms with E-state index in [1.54, 1.807) is 37.3 Å². The van der Waals surface area contributed by atoms with Gasteiger partial charge >= 0.3 is 5.97 Å². The summed E-state index contributed by atoms with van der Waals surface area (Å²) in [5.74, 6) is -0.492. The van der Waals surface area contributed by atoms with Crippen molar-refractivity contribution in [2.24, 2.45) is 5.92 Å². The van der Waals surface area contributed by atoms with Crippen molar-refractivity contribution in [1.82, 2.24) is 0 Å². The zero-order valence-corrected chi connectivity index (χ0v) is 15.5. The number of hydrogen-bond donors (Lipinski definition) is 1. The maximum atomic E-state index is 12.3. The van der Waals surface area contributed by atoms with Crippen LogP contribution in [0.3, 0.4) is 0 Å². The lowest BCUT2D eigenvalue weighted by atomic mass is 9.92. The molecule has 0 aliphatic heterocycles. The zero-order valence-electron chi connectivity index (χ0n) is 14.8. The maximum Gasteiger partial charge on any atom is 0.338 e. The molecule has 26 heavy (non-hydrogen) atoms. The van der Waals surface area contributed by atoms with Crippen molar-refractivity contribution in [3.05, 3.63) is 70.2 Å². The first kappa shape index (κ1) is 20.1. The molecule has 2 aromatic carbocycles. The standard InChI is InChI=1S/C21H23ClO4/c1-2-26-21(25)18-5-3-4-16(11-18)10-17(14-23)13-20(24)12-15-6-8-19(22)9-7-15/h3-9,11,17,23H,2,10,12-14H2,1H3. The molecule has 0 saturated carbocycles. The van der Waals surface area contributed by atoms with Crippen LogP contribution >= 0.6 is 11.6 Å². The minimum atomic E-state index is -0.367. The first-order valence-corrected chi connectivity index (χ1v) is 9.02. The number of aliphatic hydroxyl groups excluding tert-OH is 1. The largest absolute Gasteiger partial charge is 0.462 e. The number of benzene rings is 2. The van der Waals surface area contributed by atoms with Crippen molar-refractivity contribution in [2.45, 2.75) is 26.2 Å². The Kier molecular flexibility index (Phi) is 7.82. The van der Waals surface area contributed by atoms with Crippen molar-refractivity contribution < 1.29 is 19.4 Å². The lowest BCUT2D eigenvalue weighted by molar-refractivity contribution is -0.119. The van der Waals surface area contributed by atoms with Crippen LogP contribution in [0.15, 0.2) is 48.5 Å². The van der Waals surface area contributed by atoms with Crippen molar-refractivity contribution in [3.8, 4) is 0 Å². The van der Waals surface area contributed by atoms with Gasteiger partial charge in [0.05, 0.1) is 12.2 Å². The molecule has 2 aromatic rings.